The van der Waals surface area contributed by atoms with Gasteiger partial charge in [0, 0.05) is 24.7 Å². The summed E-state index contributed by atoms with van der Waals surface area (Å²) >= 11 is 1.60. The highest BCUT2D eigenvalue weighted by Crippen LogP contribution is 2.23. The zero-order valence-corrected chi connectivity index (χ0v) is 15.9. The highest BCUT2D eigenvalue weighted by atomic mass is 32.1. The maximum Gasteiger partial charge on any atom is 0.244 e. The first-order chi connectivity index (χ1) is 12.6. The number of hydrogen-bond acceptors (Lipinski definition) is 6. The van der Waals surface area contributed by atoms with Crippen molar-refractivity contribution in [3.63, 3.8) is 0 Å². The number of aryl methyl sites for hydroxylation is 1. The van der Waals surface area contributed by atoms with Crippen molar-refractivity contribution in [2.75, 3.05) is 14.2 Å². The maximum atomic E-state index is 12.4. The average Bonchev–Trinajstić information content (AvgIpc) is 3.31. The number of benzene rings is 1. The number of carbonyl (C=O) groups excluding carboxylic acids is 1. The predicted octanol–water partition coefficient (Wildman–Crippen LogP) is 2.63. The molecule has 1 aromatic carbocycles. The molecule has 0 unspecified atom stereocenters. The van der Waals surface area contributed by atoms with E-state index < -0.39 is 0 Å². The smallest absolute Gasteiger partial charge is 0.244 e. The van der Waals surface area contributed by atoms with Crippen molar-refractivity contribution in [3.8, 4) is 16.5 Å². The minimum absolute atomic E-state index is 0.0364. The lowest BCUT2D eigenvalue weighted by molar-refractivity contribution is -0.131. The van der Waals surface area contributed by atoms with Gasteiger partial charge < -0.3 is 9.64 Å². The first kappa shape index (κ1) is 18.1. The molecule has 0 aliphatic heterocycles. The fourth-order valence-corrected chi connectivity index (χ4v) is 3.22. The van der Waals surface area contributed by atoms with Gasteiger partial charge in [-0.1, -0.05) is 24.3 Å². The van der Waals surface area contributed by atoms with E-state index in [9.17, 15) is 4.79 Å². The number of nitrogens with zero attached hydrogens (tertiary/aromatic N) is 5. The normalized spacial score (nSPS) is 10.7. The Labute approximate surface area is 156 Å². The second kappa shape index (κ2) is 8.09. The molecule has 2 heterocycles. The van der Waals surface area contributed by atoms with Crippen LogP contribution in [-0.2, 0) is 24.3 Å². The van der Waals surface area contributed by atoms with E-state index in [1.807, 2.05) is 30.5 Å². The van der Waals surface area contributed by atoms with Gasteiger partial charge >= 0.3 is 0 Å². The van der Waals surface area contributed by atoms with Crippen LogP contribution in [0, 0.1) is 0 Å². The molecular formula is C18H21N5O2S. The lowest BCUT2D eigenvalue weighted by Gasteiger charge is -2.17. The molecule has 0 spiro atoms. The van der Waals surface area contributed by atoms with Gasteiger partial charge in [0.15, 0.2) is 0 Å². The molecule has 136 valence electrons. The third-order valence-electron chi connectivity index (χ3n) is 3.96. The molecule has 0 saturated carbocycles. The van der Waals surface area contributed by atoms with E-state index >= 15 is 0 Å². The number of rotatable bonds is 7. The molecule has 3 aromatic rings. The Bertz CT molecular complexity index is 872. The Kier molecular flexibility index (Phi) is 5.62. The maximum absolute atomic E-state index is 12.4. The minimum Gasteiger partial charge on any atom is -0.497 e. The molecule has 3 rings (SSSR count). The number of amides is 1. The molecule has 7 nitrogen and oxygen atoms in total. The SMILES string of the molecule is CCc1cnc(-c2cn(CC(=O)N(C)Cc3ccc(OC)cc3)nn2)s1. The van der Waals surface area contributed by atoms with Gasteiger partial charge in [-0.15, -0.1) is 16.4 Å². The molecule has 0 atom stereocenters. The monoisotopic (exact) mass is 371 g/mol. The van der Waals surface area contributed by atoms with Crippen molar-refractivity contribution in [1.82, 2.24) is 24.9 Å². The van der Waals surface area contributed by atoms with Gasteiger partial charge in [0.1, 0.15) is 23.0 Å². The van der Waals surface area contributed by atoms with Gasteiger partial charge in [-0.2, -0.15) is 0 Å². The lowest BCUT2D eigenvalue weighted by atomic mass is 10.2. The highest BCUT2D eigenvalue weighted by molar-refractivity contribution is 7.14. The molecule has 8 heteroatoms. The van der Waals surface area contributed by atoms with Crippen LogP contribution >= 0.6 is 11.3 Å². The highest BCUT2D eigenvalue weighted by Gasteiger charge is 2.13. The summed E-state index contributed by atoms with van der Waals surface area (Å²) in [5.74, 6) is 0.761. The molecule has 1 amide bonds. The van der Waals surface area contributed by atoms with Gasteiger partial charge in [0.05, 0.1) is 13.3 Å². The summed E-state index contributed by atoms with van der Waals surface area (Å²) in [6.45, 7) is 2.76. The first-order valence-corrected chi connectivity index (χ1v) is 9.12. The summed E-state index contributed by atoms with van der Waals surface area (Å²) in [7, 11) is 3.41. The van der Waals surface area contributed by atoms with Crippen LogP contribution in [0.1, 0.15) is 17.4 Å². The molecule has 0 aliphatic rings. The third-order valence-corrected chi connectivity index (χ3v) is 5.13. The number of thiazole rings is 1. The van der Waals surface area contributed by atoms with Crippen molar-refractivity contribution in [2.45, 2.75) is 26.4 Å². The summed E-state index contributed by atoms with van der Waals surface area (Å²) in [6, 6.07) is 7.67. The molecule has 0 saturated heterocycles. The summed E-state index contributed by atoms with van der Waals surface area (Å²) in [4.78, 5) is 19.7. The summed E-state index contributed by atoms with van der Waals surface area (Å²) in [6.07, 6.45) is 4.56. The third kappa shape index (κ3) is 4.26. The van der Waals surface area contributed by atoms with Crippen LogP contribution in [0.5, 0.6) is 5.75 Å². The summed E-state index contributed by atoms with van der Waals surface area (Å²) in [5.41, 5.74) is 1.73. The standard InChI is InChI=1S/C18H21N5O2S/c1-4-15-9-19-18(26-15)16-11-23(21-20-16)12-17(24)22(2)10-13-5-7-14(25-3)8-6-13/h5-9,11H,4,10,12H2,1-3H3. The number of aromatic nitrogens is 4. The molecule has 26 heavy (non-hydrogen) atoms. The number of likely N-dealkylation sites (N-methyl/N-ethyl adjacent to an activating group) is 1. The molecule has 0 N–H and O–H groups in total. The van der Waals surface area contributed by atoms with Crippen LogP contribution in [0.3, 0.4) is 0 Å². The van der Waals surface area contributed by atoms with Crippen LogP contribution in [0.25, 0.3) is 10.7 Å². The second-order valence-electron chi connectivity index (χ2n) is 5.88. The summed E-state index contributed by atoms with van der Waals surface area (Å²) in [5, 5.41) is 9.00. The Balaban J connectivity index is 1.60. The van der Waals surface area contributed by atoms with Crippen LogP contribution in [0.4, 0.5) is 0 Å². The quantitative estimate of drug-likeness (QED) is 0.638. The van der Waals surface area contributed by atoms with Gasteiger partial charge in [-0.25, -0.2) is 9.67 Å². The Morgan fingerprint density at radius 1 is 1.31 bits per heavy atom. The Morgan fingerprint density at radius 3 is 2.73 bits per heavy atom. The zero-order valence-electron chi connectivity index (χ0n) is 15.0. The average molecular weight is 371 g/mol. The molecule has 0 aliphatic carbocycles. The molecule has 0 radical (unpaired) electrons. The van der Waals surface area contributed by atoms with Crippen molar-refractivity contribution < 1.29 is 9.53 Å². The van der Waals surface area contributed by atoms with Crippen molar-refractivity contribution in [1.29, 1.82) is 0 Å². The van der Waals surface area contributed by atoms with Gasteiger partial charge in [-0.05, 0) is 24.1 Å². The minimum atomic E-state index is -0.0364. The number of carbonyl (C=O) groups is 1. The molecule has 0 fully saturated rings. The van der Waals surface area contributed by atoms with E-state index in [-0.39, 0.29) is 12.5 Å². The van der Waals surface area contributed by atoms with E-state index in [0.29, 0.717) is 12.2 Å². The Hall–Kier alpha value is -2.74. The van der Waals surface area contributed by atoms with E-state index in [1.54, 1.807) is 41.3 Å². The van der Waals surface area contributed by atoms with Crippen molar-refractivity contribution in [3.05, 3.63) is 47.1 Å². The second-order valence-corrected chi connectivity index (χ2v) is 7.00. The first-order valence-electron chi connectivity index (χ1n) is 8.31. The van der Waals surface area contributed by atoms with E-state index in [1.165, 1.54) is 4.88 Å². The topological polar surface area (TPSA) is 73.1 Å². The van der Waals surface area contributed by atoms with Gasteiger partial charge in [0.2, 0.25) is 5.91 Å². The number of hydrogen-bond donors (Lipinski definition) is 0. The number of methoxy groups -OCH3 is 1. The predicted molar refractivity (Wildman–Crippen MR) is 100.0 cm³/mol. The van der Waals surface area contributed by atoms with Crippen LogP contribution in [0.2, 0.25) is 0 Å². The number of ether oxygens (including phenoxy) is 1. The van der Waals surface area contributed by atoms with E-state index in [4.69, 9.17) is 4.74 Å². The zero-order chi connectivity index (χ0) is 18.5. The fraction of sp³-hybridized carbons (Fsp3) is 0.333. The van der Waals surface area contributed by atoms with Gasteiger partial charge in [0.25, 0.3) is 0 Å². The lowest BCUT2D eigenvalue weighted by Crippen LogP contribution is -2.30. The molecular weight excluding hydrogens is 350 g/mol. The Morgan fingerprint density at radius 2 is 2.08 bits per heavy atom. The fourth-order valence-electron chi connectivity index (χ4n) is 2.42. The van der Waals surface area contributed by atoms with Crippen molar-refractivity contribution >= 4 is 17.2 Å². The van der Waals surface area contributed by atoms with Gasteiger partial charge in [-0.3, -0.25) is 4.79 Å². The van der Waals surface area contributed by atoms with Crippen LogP contribution in [-0.4, -0.2) is 44.9 Å². The van der Waals surface area contributed by atoms with E-state index in [0.717, 1.165) is 22.7 Å². The van der Waals surface area contributed by atoms with Crippen LogP contribution < -0.4 is 4.74 Å². The molecule has 2 aromatic heterocycles. The van der Waals surface area contributed by atoms with Crippen molar-refractivity contribution in [2.24, 2.45) is 0 Å². The van der Waals surface area contributed by atoms with E-state index in [2.05, 4.69) is 22.2 Å². The van der Waals surface area contributed by atoms with Crippen LogP contribution in [0.15, 0.2) is 36.7 Å². The largest absolute Gasteiger partial charge is 0.497 e. The molecule has 0 bridgehead atoms. The summed E-state index contributed by atoms with van der Waals surface area (Å²) < 4.78 is 6.70.